The Hall–Kier alpha value is -2.13. The first-order valence-corrected chi connectivity index (χ1v) is 13.7. The van der Waals surface area contributed by atoms with E-state index in [0.717, 1.165) is 44.3 Å². The van der Waals surface area contributed by atoms with Crippen molar-refractivity contribution in [1.82, 2.24) is 9.21 Å². The van der Waals surface area contributed by atoms with Gasteiger partial charge in [0.25, 0.3) is 0 Å². The molecule has 182 valence electrons. The zero-order chi connectivity index (χ0) is 23.8. The van der Waals surface area contributed by atoms with Gasteiger partial charge >= 0.3 is 0 Å². The molecule has 4 rings (SSSR count). The lowest BCUT2D eigenvalue weighted by Crippen LogP contribution is -2.57. The molecule has 9 heteroatoms. The van der Waals surface area contributed by atoms with Gasteiger partial charge in [-0.2, -0.15) is 4.31 Å². The number of amides is 2. The predicted molar refractivity (Wildman–Crippen MR) is 129 cm³/mol. The molecule has 1 aromatic rings. The Morgan fingerprint density at radius 3 is 2.39 bits per heavy atom. The molecule has 0 bridgehead atoms. The fourth-order valence-corrected chi connectivity index (χ4v) is 6.75. The summed E-state index contributed by atoms with van der Waals surface area (Å²) in [5.74, 6) is 0.441. The van der Waals surface area contributed by atoms with Crippen LogP contribution in [0.25, 0.3) is 0 Å². The van der Waals surface area contributed by atoms with Gasteiger partial charge in [0.1, 0.15) is 12.6 Å². The van der Waals surface area contributed by atoms with Crippen molar-refractivity contribution in [3.05, 3.63) is 18.2 Å². The number of sulfonamides is 1. The number of fused-ring (bicyclic) bond motifs is 3. The maximum absolute atomic E-state index is 13.6. The van der Waals surface area contributed by atoms with Gasteiger partial charge in [0.2, 0.25) is 21.8 Å². The third kappa shape index (κ3) is 4.49. The van der Waals surface area contributed by atoms with E-state index in [1.54, 1.807) is 17.0 Å². The zero-order valence-electron chi connectivity index (χ0n) is 20.0. The van der Waals surface area contributed by atoms with E-state index in [-0.39, 0.29) is 29.3 Å². The summed E-state index contributed by atoms with van der Waals surface area (Å²) in [4.78, 5) is 32.4. The van der Waals surface area contributed by atoms with Crippen LogP contribution in [0.3, 0.4) is 0 Å². The van der Waals surface area contributed by atoms with Crippen molar-refractivity contribution in [1.29, 1.82) is 0 Å². The summed E-state index contributed by atoms with van der Waals surface area (Å²) >= 11 is 0. The summed E-state index contributed by atoms with van der Waals surface area (Å²) in [7, 11) is -3.68. The summed E-state index contributed by atoms with van der Waals surface area (Å²) in [6.45, 7) is 8.70. The van der Waals surface area contributed by atoms with Crippen LogP contribution in [-0.2, 0) is 19.6 Å². The number of anilines is 2. The predicted octanol–water partition coefficient (Wildman–Crippen LogP) is 2.68. The second-order valence-electron chi connectivity index (χ2n) is 9.43. The molecular weight excluding hydrogens is 440 g/mol. The van der Waals surface area contributed by atoms with Crippen molar-refractivity contribution in [2.45, 2.75) is 63.8 Å². The van der Waals surface area contributed by atoms with Gasteiger partial charge in [-0.25, -0.2) is 8.42 Å². The maximum Gasteiger partial charge on any atom is 0.250 e. The first kappa shape index (κ1) is 24.0. The highest BCUT2D eigenvalue weighted by molar-refractivity contribution is 7.89. The van der Waals surface area contributed by atoms with Crippen molar-refractivity contribution in [2.24, 2.45) is 5.92 Å². The SMILES string of the molecule is CCN(CC)S(=O)(=O)c1ccc2c(c1)N(CC(=O)N1CCC(C)CC1)C(=O)[C@@H]1CCCCN21. The zero-order valence-corrected chi connectivity index (χ0v) is 20.8. The Labute approximate surface area is 197 Å². The highest BCUT2D eigenvalue weighted by Crippen LogP contribution is 2.41. The van der Waals surface area contributed by atoms with Crippen LogP contribution in [0, 0.1) is 5.92 Å². The minimum absolute atomic E-state index is 0.0423. The second kappa shape index (κ2) is 9.62. The summed E-state index contributed by atoms with van der Waals surface area (Å²) in [6.07, 6.45) is 4.66. The van der Waals surface area contributed by atoms with Gasteiger partial charge in [-0.15, -0.1) is 0 Å². The summed E-state index contributed by atoms with van der Waals surface area (Å²) < 4.78 is 27.8. The van der Waals surface area contributed by atoms with Crippen LogP contribution in [0.4, 0.5) is 11.4 Å². The largest absolute Gasteiger partial charge is 0.358 e. The van der Waals surface area contributed by atoms with Crippen LogP contribution in [0.2, 0.25) is 0 Å². The molecule has 1 atom stereocenters. The first-order chi connectivity index (χ1) is 15.8. The van der Waals surface area contributed by atoms with E-state index in [4.69, 9.17) is 0 Å². The average molecular weight is 477 g/mol. The fourth-order valence-electron chi connectivity index (χ4n) is 5.27. The minimum atomic E-state index is -3.68. The van der Waals surface area contributed by atoms with Crippen molar-refractivity contribution in [2.75, 3.05) is 49.1 Å². The second-order valence-corrected chi connectivity index (χ2v) is 11.4. The van der Waals surface area contributed by atoms with Crippen molar-refractivity contribution < 1.29 is 18.0 Å². The van der Waals surface area contributed by atoms with Crippen LogP contribution < -0.4 is 9.80 Å². The molecule has 33 heavy (non-hydrogen) atoms. The van der Waals surface area contributed by atoms with Crippen molar-refractivity contribution >= 4 is 33.2 Å². The molecule has 2 fully saturated rings. The summed E-state index contributed by atoms with van der Waals surface area (Å²) in [5.41, 5.74) is 1.38. The third-order valence-electron chi connectivity index (χ3n) is 7.37. The monoisotopic (exact) mass is 476 g/mol. The molecular formula is C24H36N4O4S. The number of likely N-dealkylation sites (tertiary alicyclic amines) is 1. The molecule has 8 nitrogen and oxygen atoms in total. The van der Waals surface area contributed by atoms with Crippen LogP contribution in [0.5, 0.6) is 0 Å². The lowest BCUT2D eigenvalue weighted by Gasteiger charge is -2.45. The third-order valence-corrected chi connectivity index (χ3v) is 9.42. The molecule has 0 aliphatic carbocycles. The fraction of sp³-hybridized carbons (Fsp3) is 0.667. The van der Waals surface area contributed by atoms with E-state index in [1.807, 2.05) is 24.8 Å². The van der Waals surface area contributed by atoms with Gasteiger partial charge in [-0.1, -0.05) is 20.8 Å². The molecule has 0 N–H and O–H groups in total. The van der Waals surface area contributed by atoms with Crippen LogP contribution in [0.1, 0.15) is 52.9 Å². The normalized spacial score (nSPS) is 21.9. The van der Waals surface area contributed by atoms with Crippen molar-refractivity contribution in [3.63, 3.8) is 0 Å². The molecule has 2 saturated heterocycles. The Kier molecular flexibility index (Phi) is 7.00. The number of hydrogen-bond donors (Lipinski definition) is 0. The van der Waals surface area contributed by atoms with Gasteiger partial charge in [0.15, 0.2) is 0 Å². The molecule has 0 aromatic heterocycles. The lowest BCUT2D eigenvalue weighted by molar-refractivity contribution is -0.133. The van der Waals surface area contributed by atoms with Gasteiger partial charge in [-0.3, -0.25) is 14.5 Å². The number of carbonyl (C=O) groups is 2. The highest BCUT2D eigenvalue weighted by atomic mass is 32.2. The van der Waals surface area contributed by atoms with Crippen molar-refractivity contribution in [3.8, 4) is 0 Å². The number of nitrogens with zero attached hydrogens (tertiary/aromatic N) is 4. The van der Waals surface area contributed by atoms with Gasteiger partial charge in [0.05, 0.1) is 16.3 Å². The Balaban J connectivity index is 1.71. The van der Waals surface area contributed by atoms with E-state index in [2.05, 4.69) is 11.8 Å². The van der Waals surface area contributed by atoms with Crippen LogP contribution in [-0.4, -0.2) is 74.7 Å². The van der Waals surface area contributed by atoms with Gasteiger partial charge in [0, 0.05) is 32.7 Å². The standard InChI is InChI=1S/C24H36N4O4S/c1-4-26(5-2)33(31,32)19-9-10-20-22(16-19)28(24(30)21-8-6-7-13-27(20)21)17-23(29)25-14-11-18(3)12-15-25/h9-10,16,18,21H,4-8,11-15,17H2,1-3H3/t21-/m0/s1. The van der Waals surface area contributed by atoms with Crippen LogP contribution >= 0.6 is 0 Å². The molecule has 3 heterocycles. The molecule has 3 aliphatic heterocycles. The number of benzene rings is 1. The van der Waals surface area contributed by atoms with Gasteiger partial charge in [-0.05, 0) is 56.2 Å². The number of rotatable bonds is 6. The summed E-state index contributed by atoms with van der Waals surface area (Å²) in [6, 6.07) is 4.76. The molecule has 3 aliphatic rings. The maximum atomic E-state index is 13.6. The average Bonchev–Trinajstić information content (AvgIpc) is 2.82. The molecule has 1 aromatic carbocycles. The first-order valence-electron chi connectivity index (χ1n) is 12.3. The molecule has 2 amide bonds. The quantitative estimate of drug-likeness (QED) is 0.631. The molecule has 0 radical (unpaired) electrons. The lowest BCUT2D eigenvalue weighted by atomic mass is 9.96. The minimum Gasteiger partial charge on any atom is -0.358 e. The molecule has 0 saturated carbocycles. The van der Waals surface area contributed by atoms with E-state index >= 15 is 0 Å². The Bertz CT molecular complexity index is 1000. The van der Waals surface area contributed by atoms with Crippen LogP contribution in [0.15, 0.2) is 23.1 Å². The molecule has 0 unspecified atom stereocenters. The smallest absolute Gasteiger partial charge is 0.250 e. The molecule has 0 spiro atoms. The number of hydrogen-bond acceptors (Lipinski definition) is 5. The topological polar surface area (TPSA) is 81.2 Å². The van der Waals surface area contributed by atoms with E-state index in [0.29, 0.717) is 37.8 Å². The van der Waals surface area contributed by atoms with E-state index < -0.39 is 10.0 Å². The van der Waals surface area contributed by atoms with Gasteiger partial charge < -0.3 is 9.80 Å². The number of carbonyl (C=O) groups excluding carboxylic acids is 2. The highest BCUT2D eigenvalue weighted by Gasteiger charge is 2.41. The van der Waals surface area contributed by atoms with E-state index in [1.165, 1.54) is 4.31 Å². The Morgan fingerprint density at radius 2 is 1.73 bits per heavy atom. The Morgan fingerprint density at radius 1 is 1.03 bits per heavy atom. The van der Waals surface area contributed by atoms with E-state index in [9.17, 15) is 18.0 Å². The summed E-state index contributed by atoms with van der Waals surface area (Å²) in [5, 5.41) is 0. The number of piperidine rings is 2.